The van der Waals surface area contributed by atoms with Crippen LogP contribution in [-0.2, 0) is 17.6 Å². The Bertz CT molecular complexity index is 599. The molecule has 1 atom stereocenters. The highest BCUT2D eigenvalue weighted by Gasteiger charge is 2.16. The number of hydrogen-bond donors (Lipinski definition) is 1. The van der Waals surface area contributed by atoms with E-state index < -0.39 is 6.04 Å². The zero-order chi connectivity index (χ0) is 14.5. The Kier molecular flexibility index (Phi) is 5.18. The van der Waals surface area contributed by atoms with Crippen molar-refractivity contribution in [1.29, 1.82) is 0 Å². The van der Waals surface area contributed by atoms with Gasteiger partial charge in [0.1, 0.15) is 0 Å². The Morgan fingerprint density at radius 1 is 1.10 bits per heavy atom. The topological polar surface area (TPSA) is 43.1 Å². The van der Waals surface area contributed by atoms with Gasteiger partial charge < -0.3 is 5.73 Å². The summed E-state index contributed by atoms with van der Waals surface area (Å²) in [6, 6.07) is 14.3. The molecular weight excluding hydrogens is 293 g/mol. The zero-order valence-corrected chi connectivity index (χ0v) is 12.4. The van der Waals surface area contributed by atoms with Crippen LogP contribution in [0.2, 0.25) is 10.0 Å². The average Bonchev–Trinajstić information content (AvgIpc) is 2.43. The monoisotopic (exact) mass is 307 g/mol. The highest BCUT2D eigenvalue weighted by Crippen LogP contribution is 2.21. The van der Waals surface area contributed by atoms with E-state index in [2.05, 4.69) is 0 Å². The molecule has 0 aromatic heterocycles. The molecular formula is C16H15Cl2NO. The molecule has 0 aliphatic heterocycles. The summed E-state index contributed by atoms with van der Waals surface area (Å²) in [5.74, 6) is -0.0296. The molecule has 4 heteroatoms. The smallest absolute Gasteiger partial charge is 0.154 e. The lowest BCUT2D eigenvalue weighted by Gasteiger charge is -2.11. The lowest BCUT2D eigenvalue weighted by atomic mass is 9.98. The molecule has 0 fully saturated rings. The Labute approximate surface area is 128 Å². The van der Waals surface area contributed by atoms with E-state index in [1.165, 1.54) is 0 Å². The number of halogens is 2. The summed E-state index contributed by atoms with van der Waals surface area (Å²) in [5.41, 5.74) is 7.76. The molecule has 0 amide bonds. The van der Waals surface area contributed by atoms with E-state index in [0.29, 0.717) is 16.5 Å². The van der Waals surface area contributed by atoms with E-state index >= 15 is 0 Å². The number of nitrogens with two attached hydrogens (primary N) is 1. The van der Waals surface area contributed by atoms with Crippen molar-refractivity contribution in [3.8, 4) is 0 Å². The number of benzene rings is 2. The fourth-order valence-corrected chi connectivity index (χ4v) is 2.44. The Morgan fingerprint density at radius 2 is 1.80 bits per heavy atom. The summed E-state index contributed by atoms with van der Waals surface area (Å²) in [6.45, 7) is 0. The number of hydrogen-bond acceptors (Lipinski definition) is 2. The van der Waals surface area contributed by atoms with Crippen molar-refractivity contribution in [2.24, 2.45) is 5.73 Å². The van der Waals surface area contributed by atoms with Crippen molar-refractivity contribution in [1.82, 2.24) is 0 Å². The SMILES string of the molecule is NC(Cc1ccccc1)C(=O)Cc1ccc(Cl)cc1Cl. The minimum atomic E-state index is -0.524. The van der Waals surface area contributed by atoms with E-state index in [0.717, 1.165) is 11.1 Å². The molecule has 0 spiro atoms. The number of carbonyl (C=O) groups excluding carboxylic acids is 1. The number of ketones is 1. The van der Waals surface area contributed by atoms with Crippen molar-refractivity contribution in [2.75, 3.05) is 0 Å². The van der Waals surface area contributed by atoms with Gasteiger partial charge in [-0.2, -0.15) is 0 Å². The quantitative estimate of drug-likeness (QED) is 0.915. The third-order valence-electron chi connectivity index (χ3n) is 3.09. The molecule has 0 saturated heterocycles. The molecule has 2 N–H and O–H groups in total. The minimum Gasteiger partial charge on any atom is -0.321 e. The summed E-state index contributed by atoms with van der Waals surface area (Å²) in [7, 11) is 0. The average molecular weight is 308 g/mol. The highest BCUT2D eigenvalue weighted by atomic mass is 35.5. The molecule has 0 aliphatic rings. The third kappa shape index (κ3) is 4.07. The second kappa shape index (κ2) is 6.89. The molecule has 1 unspecified atom stereocenters. The van der Waals surface area contributed by atoms with Crippen LogP contribution in [0.3, 0.4) is 0 Å². The van der Waals surface area contributed by atoms with E-state index in [1.54, 1.807) is 18.2 Å². The fourth-order valence-electron chi connectivity index (χ4n) is 1.97. The van der Waals surface area contributed by atoms with Crippen molar-refractivity contribution >= 4 is 29.0 Å². The Morgan fingerprint density at radius 3 is 2.45 bits per heavy atom. The predicted molar refractivity (Wildman–Crippen MR) is 83.3 cm³/mol. The first-order valence-electron chi connectivity index (χ1n) is 6.32. The van der Waals surface area contributed by atoms with Gasteiger partial charge in [0, 0.05) is 16.5 Å². The van der Waals surface area contributed by atoms with Gasteiger partial charge >= 0.3 is 0 Å². The Balaban J connectivity index is 2.01. The number of carbonyl (C=O) groups is 1. The third-order valence-corrected chi connectivity index (χ3v) is 3.68. The Hall–Kier alpha value is -1.35. The van der Waals surface area contributed by atoms with Crippen LogP contribution < -0.4 is 5.73 Å². The van der Waals surface area contributed by atoms with Gasteiger partial charge in [-0.05, 0) is 29.7 Å². The fraction of sp³-hybridized carbons (Fsp3) is 0.188. The van der Waals surface area contributed by atoms with E-state index in [1.807, 2.05) is 30.3 Å². The molecule has 0 bridgehead atoms. The van der Waals surface area contributed by atoms with E-state index in [-0.39, 0.29) is 12.2 Å². The minimum absolute atomic E-state index is 0.0296. The van der Waals surface area contributed by atoms with Crippen LogP contribution >= 0.6 is 23.2 Å². The van der Waals surface area contributed by atoms with E-state index in [9.17, 15) is 4.79 Å². The first-order valence-corrected chi connectivity index (χ1v) is 7.08. The molecule has 0 saturated carbocycles. The molecule has 0 radical (unpaired) electrons. The number of Topliss-reactive ketones (excluding diaryl/α,β-unsaturated/α-hetero) is 1. The summed E-state index contributed by atoms with van der Waals surface area (Å²) in [6.07, 6.45) is 0.759. The van der Waals surface area contributed by atoms with Crippen LogP contribution in [0.25, 0.3) is 0 Å². The summed E-state index contributed by atoms with van der Waals surface area (Å²) < 4.78 is 0. The van der Waals surface area contributed by atoms with Gasteiger partial charge in [-0.15, -0.1) is 0 Å². The molecule has 2 nitrogen and oxygen atoms in total. The summed E-state index contributed by atoms with van der Waals surface area (Å²) in [5, 5.41) is 1.05. The van der Waals surface area contributed by atoms with Gasteiger partial charge in [0.2, 0.25) is 0 Å². The normalized spacial score (nSPS) is 12.2. The van der Waals surface area contributed by atoms with Crippen molar-refractivity contribution in [2.45, 2.75) is 18.9 Å². The van der Waals surface area contributed by atoms with Crippen molar-refractivity contribution < 1.29 is 4.79 Å². The van der Waals surface area contributed by atoms with Crippen molar-refractivity contribution in [3.05, 3.63) is 69.7 Å². The molecule has 104 valence electrons. The van der Waals surface area contributed by atoms with Crippen LogP contribution in [0, 0.1) is 0 Å². The molecule has 2 rings (SSSR count). The predicted octanol–water partition coefficient (Wildman–Crippen LogP) is 3.68. The van der Waals surface area contributed by atoms with Gasteiger partial charge in [-0.1, -0.05) is 59.6 Å². The highest BCUT2D eigenvalue weighted by molar-refractivity contribution is 6.35. The summed E-state index contributed by atoms with van der Waals surface area (Å²) in [4.78, 5) is 12.1. The van der Waals surface area contributed by atoms with Crippen LogP contribution in [0.1, 0.15) is 11.1 Å². The van der Waals surface area contributed by atoms with Crippen LogP contribution in [0.5, 0.6) is 0 Å². The van der Waals surface area contributed by atoms with Crippen LogP contribution in [0.15, 0.2) is 48.5 Å². The zero-order valence-electron chi connectivity index (χ0n) is 10.9. The first-order chi connectivity index (χ1) is 9.56. The molecule has 20 heavy (non-hydrogen) atoms. The summed E-state index contributed by atoms with van der Waals surface area (Å²) >= 11 is 11.9. The van der Waals surface area contributed by atoms with Crippen LogP contribution in [0.4, 0.5) is 0 Å². The van der Waals surface area contributed by atoms with Gasteiger partial charge in [0.15, 0.2) is 5.78 Å². The second-order valence-corrected chi connectivity index (χ2v) is 5.52. The van der Waals surface area contributed by atoms with Gasteiger partial charge in [0.05, 0.1) is 6.04 Å². The van der Waals surface area contributed by atoms with Crippen LogP contribution in [-0.4, -0.2) is 11.8 Å². The van der Waals surface area contributed by atoms with Gasteiger partial charge in [0.25, 0.3) is 0 Å². The first kappa shape index (κ1) is 15.0. The van der Waals surface area contributed by atoms with E-state index in [4.69, 9.17) is 28.9 Å². The molecule has 0 aliphatic carbocycles. The van der Waals surface area contributed by atoms with Gasteiger partial charge in [-0.25, -0.2) is 0 Å². The maximum atomic E-state index is 12.1. The van der Waals surface area contributed by atoms with Crippen molar-refractivity contribution in [3.63, 3.8) is 0 Å². The van der Waals surface area contributed by atoms with Gasteiger partial charge in [-0.3, -0.25) is 4.79 Å². The maximum Gasteiger partial charge on any atom is 0.154 e. The molecule has 2 aromatic carbocycles. The largest absolute Gasteiger partial charge is 0.321 e. The standard InChI is InChI=1S/C16H15Cl2NO/c17-13-7-6-12(14(18)10-13)9-16(20)15(19)8-11-4-2-1-3-5-11/h1-7,10,15H,8-9,19H2. The molecule has 0 heterocycles. The lowest BCUT2D eigenvalue weighted by molar-refractivity contribution is -0.119. The molecule has 2 aromatic rings. The second-order valence-electron chi connectivity index (χ2n) is 4.68. The lowest BCUT2D eigenvalue weighted by Crippen LogP contribution is -2.34. The number of rotatable bonds is 5. The maximum absolute atomic E-state index is 12.1.